The van der Waals surface area contributed by atoms with Crippen molar-refractivity contribution in [2.75, 3.05) is 0 Å². The molecule has 0 fully saturated rings. The quantitative estimate of drug-likeness (QED) is 0.730. The van der Waals surface area contributed by atoms with E-state index in [0.717, 1.165) is 10.8 Å². The highest BCUT2D eigenvalue weighted by Gasteiger charge is 2.17. The molecule has 0 bridgehead atoms. The Kier molecular flexibility index (Phi) is 3.71. The maximum Gasteiger partial charge on any atom is 0.328 e. The van der Waals surface area contributed by atoms with E-state index in [4.69, 9.17) is 10.00 Å². The van der Waals surface area contributed by atoms with Crippen molar-refractivity contribution in [3.63, 3.8) is 0 Å². The third-order valence-electron chi connectivity index (χ3n) is 1.85. The minimum Gasteiger partial charge on any atom is -0.459 e. The van der Waals surface area contributed by atoms with Crippen molar-refractivity contribution in [1.29, 1.82) is 5.26 Å². The summed E-state index contributed by atoms with van der Waals surface area (Å²) >= 11 is 0. The second kappa shape index (κ2) is 4.87. The monoisotopic (exact) mass is 251 g/mol. The average molecular weight is 251 g/mol. The van der Waals surface area contributed by atoms with Crippen LogP contribution in [0.2, 0.25) is 0 Å². The fourth-order valence-electron chi connectivity index (χ4n) is 1.22. The van der Waals surface area contributed by atoms with Gasteiger partial charge in [0, 0.05) is 6.20 Å². The smallest absolute Gasteiger partial charge is 0.328 e. The summed E-state index contributed by atoms with van der Waals surface area (Å²) in [6, 6.07) is 1.63. The van der Waals surface area contributed by atoms with Gasteiger partial charge in [-0.1, -0.05) is 0 Å². The Bertz CT molecular complexity index is 613. The number of hydrogen-bond acceptors (Lipinski definition) is 5. The van der Waals surface area contributed by atoms with Crippen molar-refractivity contribution in [2.45, 2.75) is 32.9 Å². The van der Waals surface area contributed by atoms with Crippen LogP contribution in [0.3, 0.4) is 0 Å². The Hall–Kier alpha value is -2.36. The molecule has 0 radical (unpaired) electrons. The fourth-order valence-corrected chi connectivity index (χ4v) is 1.22. The van der Waals surface area contributed by atoms with Gasteiger partial charge in [-0.25, -0.2) is 4.79 Å². The SMILES string of the molecule is CC(C)(C)OC(=O)Cn1cc(C#N)c(=O)[nH]c1=O. The van der Waals surface area contributed by atoms with Crippen LogP contribution in [-0.4, -0.2) is 21.1 Å². The van der Waals surface area contributed by atoms with Crippen LogP contribution in [0, 0.1) is 11.3 Å². The normalized spacial score (nSPS) is 10.8. The highest BCUT2D eigenvalue weighted by molar-refractivity contribution is 5.69. The second-order valence-corrected chi connectivity index (χ2v) is 4.63. The molecule has 0 aliphatic rings. The maximum absolute atomic E-state index is 11.5. The minimum absolute atomic E-state index is 0.238. The zero-order chi connectivity index (χ0) is 13.9. The van der Waals surface area contributed by atoms with E-state index >= 15 is 0 Å². The van der Waals surface area contributed by atoms with Crippen LogP contribution in [0.1, 0.15) is 26.3 Å². The molecule has 1 aromatic heterocycles. The Morgan fingerprint density at radius 2 is 2.11 bits per heavy atom. The number of H-pyrrole nitrogens is 1. The van der Waals surface area contributed by atoms with Crippen LogP contribution in [0.4, 0.5) is 0 Å². The van der Waals surface area contributed by atoms with E-state index in [0.29, 0.717) is 0 Å². The molecule has 0 aromatic carbocycles. The third-order valence-corrected chi connectivity index (χ3v) is 1.85. The number of nitriles is 1. The van der Waals surface area contributed by atoms with E-state index in [1.807, 2.05) is 4.98 Å². The maximum atomic E-state index is 11.5. The lowest BCUT2D eigenvalue weighted by Crippen LogP contribution is -2.35. The lowest BCUT2D eigenvalue weighted by molar-refractivity contribution is -0.155. The van der Waals surface area contributed by atoms with Crippen LogP contribution in [0.5, 0.6) is 0 Å². The first-order chi connectivity index (χ1) is 8.23. The molecule has 0 unspecified atom stereocenters. The van der Waals surface area contributed by atoms with Gasteiger partial charge in [0.25, 0.3) is 5.56 Å². The number of carbonyl (C=O) groups is 1. The molecule has 1 N–H and O–H groups in total. The van der Waals surface area contributed by atoms with Crippen molar-refractivity contribution < 1.29 is 9.53 Å². The van der Waals surface area contributed by atoms with Crippen molar-refractivity contribution in [3.05, 3.63) is 32.6 Å². The molecule has 0 saturated heterocycles. The van der Waals surface area contributed by atoms with Gasteiger partial charge < -0.3 is 4.74 Å². The molecule has 1 rings (SSSR count). The van der Waals surface area contributed by atoms with E-state index in [2.05, 4.69) is 0 Å². The molecule has 0 aliphatic heterocycles. The number of nitrogens with zero attached hydrogens (tertiary/aromatic N) is 2. The van der Waals surface area contributed by atoms with Gasteiger partial charge in [-0.15, -0.1) is 0 Å². The van der Waals surface area contributed by atoms with Gasteiger partial charge in [0.1, 0.15) is 23.8 Å². The molecule has 0 amide bonds. The lowest BCUT2D eigenvalue weighted by atomic mass is 10.2. The first-order valence-corrected chi connectivity index (χ1v) is 5.18. The number of aromatic nitrogens is 2. The van der Waals surface area contributed by atoms with Crippen molar-refractivity contribution in [3.8, 4) is 6.07 Å². The number of rotatable bonds is 2. The van der Waals surface area contributed by atoms with Gasteiger partial charge in [-0.2, -0.15) is 5.26 Å². The number of hydrogen-bond donors (Lipinski definition) is 1. The topological polar surface area (TPSA) is 105 Å². The lowest BCUT2D eigenvalue weighted by Gasteiger charge is -2.19. The number of carbonyl (C=O) groups excluding carboxylic acids is 1. The predicted octanol–water partition coefficient (Wildman–Crippen LogP) is -0.250. The number of esters is 1. The minimum atomic E-state index is -0.775. The number of aromatic amines is 1. The van der Waals surface area contributed by atoms with Gasteiger partial charge in [0.05, 0.1) is 0 Å². The molecule has 0 atom stereocenters. The molecule has 0 saturated carbocycles. The second-order valence-electron chi connectivity index (χ2n) is 4.63. The zero-order valence-corrected chi connectivity index (χ0v) is 10.3. The summed E-state index contributed by atoms with van der Waals surface area (Å²) in [5, 5.41) is 8.65. The first-order valence-electron chi connectivity index (χ1n) is 5.18. The molecular weight excluding hydrogens is 238 g/mol. The number of ether oxygens (including phenoxy) is 1. The summed E-state index contributed by atoms with van der Waals surface area (Å²) in [5.74, 6) is -0.625. The van der Waals surface area contributed by atoms with Gasteiger partial charge in [0.2, 0.25) is 0 Å². The summed E-state index contributed by atoms with van der Waals surface area (Å²) in [6.07, 6.45) is 1.03. The summed E-state index contributed by atoms with van der Waals surface area (Å²) < 4.78 is 5.95. The molecule has 7 nitrogen and oxygen atoms in total. The Morgan fingerprint density at radius 3 is 2.61 bits per heavy atom. The summed E-state index contributed by atoms with van der Waals surface area (Å²) in [4.78, 5) is 36.0. The van der Waals surface area contributed by atoms with E-state index in [1.165, 1.54) is 0 Å². The van der Waals surface area contributed by atoms with Crippen LogP contribution >= 0.6 is 0 Å². The van der Waals surface area contributed by atoms with Crippen LogP contribution in [-0.2, 0) is 16.1 Å². The third kappa shape index (κ3) is 3.59. The van der Waals surface area contributed by atoms with Gasteiger partial charge >= 0.3 is 11.7 Å². The predicted molar refractivity (Wildman–Crippen MR) is 61.9 cm³/mol. The van der Waals surface area contributed by atoms with E-state index in [1.54, 1.807) is 26.8 Å². The molecule has 1 heterocycles. The molecule has 96 valence electrons. The first kappa shape index (κ1) is 13.7. The van der Waals surface area contributed by atoms with Gasteiger partial charge in [-0.3, -0.25) is 19.1 Å². The van der Waals surface area contributed by atoms with E-state index in [9.17, 15) is 14.4 Å². The highest BCUT2D eigenvalue weighted by Crippen LogP contribution is 2.07. The Balaban J connectivity index is 3.00. The van der Waals surface area contributed by atoms with Crippen LogP contribution in [0.25, 0.3) is 0 Å². The van der Waals surface area contributed by atoms with Crippen molar-refractivity contribution >= 4 is 5.97 Å². The van der Waals surface area contributed by atoms with Crippen LogP contribution < -0.4 is 11.2 Å². The highest BCUT2D eigenvalue weighted by atomic mass is 16.6. The summed E-state index contributed by atoms with van der Waals surface area (Å²) in [7, 11) is 0. The van der Waals surface area contributed by atoms with Gasteiger partial charge in [-0.05, 0) is 20.8 Å². The largest absolute Gasteiger partial charge is 0.459 e. The Morgan fingerprint density at radius 1 is 1.50 bits per heavy atom. The molecular formula is C11H13N3O4. The Labute approximate surface area is 103 Å². The summed E-state index contributed by atoms with van der Waals surface area (Å²) in [5.41, 5.74) is -2.44. The molecule has 1 aromatic rings. The standard InChI is InChI=1S/C11H13N3O4/c1-11(2,3)18-8(15)6-14-5-7(4-12)9(16)13-10(14)17/h5H,6H2,1-3H3,(H,13,16,17). The number of nitrogens with one attached hydrogen (secondary N) is 1. The van der Waals surface area contributed by atoms with Gasteiger partial charge in [0.15, 0.2) is 0 Å². The zero-order valence-electron chi connectivity index (χ0n) is 10.3. The van der Waals surface area contributed by atoms with Crippen molar-refractivity contribution in [1.82, 2.24) is 9.55 Å². The molecule has 7 heteroatoms. The molecule has 0 spiro atoms. The van der Waals surface area contributed by atoms with E-state index in [-0.39, 0.29) is 12.1 Å². The van der Waals surface area contributed by atoms with Crippen molar-refractivity contribution in [2.24, 2.45) is 0 Å². The van der Waals surface area contributed by atoms with E-state index < -0.39 is 22.8 Å². The fraction of sp³-hybridized carbons (Fsp3) is 0.455. The average Bonchev–Trinajstić information content (AvgIpc) is 2.19. The molecule has 0 aliphatic carbocycles. The summed E-state index contributed by atoms with van der Waals surface area (Å²) in [6.45, 7) is 4.73. The molecule has 18 heavy (non-hydrogen) atoms. The van der Waals surface area contributed by atoms with Crippen LogP contribution in [0.15, 0.2) is 15.8 Å².